The van der Waals surface area contributed by atoms with E-state index in [1.807, 2.05) is 13.0 Å². The summed E-state index contributed by atoms with van der Waals surface area (Å²) in [5.41, 5.74) is 6.19. The van der Waals surface area contributed by atoms with Gasteiger partial charge in [-0.15, -0.1) is 0 Å². The van der Waals surface area contributed by atoms with Gasteiger partial charge in [0.2, 0.25) is 0 Å². The van der Waals surface area contributed by atoms with E-state index in [0.717, 1.165) is 11.3 Å². The van der Waals surface area contributed by atoms with Crippen LogP contribution in [-0.2, 0) is 0 Å². The number of nitrogens with two attached hydrogens (primary N) is 1. The van der Waals surface area contributed by atoms with Gasteiger partial charge in [-0.05, 0) is 30.7 Å². The number of halogens is 1. The fraction of sp³-hybridized carbons (Fsp3) is 0.400. The third-order valence-electron chi connectivity index (χ3n) is 1.84. The van der Waals surface area contributed by atoms with E-state index < -0.39 is 6.10 Å². The Bertz CT molecular complexity index is 304. The SMILES string of the molecule is Cc1cc(Cl)ccc1OC[C@H](O)CN. The molecule has 0 heterocycles. The zero-order valence-corrected chi connectivity index (χ0v) is 8.79. The Balaban J connectivity index is 2.59. The lowest BCUT2D eigenvalue weighted by molar-refractivity contribution is 0.114. The lowest BCUT2D eigenvalue weighted by Gasteiger charge is -2.12. The molecule has 3 N–H and O–H groups in total. The molecular formula is C10H14ClNO2. The van der Waals surface area contributed by atoms with E-state index in [1.165, 1.54) is 0 Å². The van der Waals surface area contributed by atoms with Crippen LogP contribution in [0, 0.1) is 6.92 Å². The molecular weight excluding hydrogens is 202 g/mol. The average Bonchev–Trinajstić information content (AvgIpc) is 2.16. The van der Waals surface area contributed by atoms with Crippen molar-refractivity contribution in [2.75, 3.05) is 13.2 Å². The van der Waals surface area contributed by atoms with Crippen LogP contribution in [0.25, 0.3) is 0 Å². The van der Waals surface area contributed by atoms with Crippen molar-refractivity contribution in [2.45, 2.75) is 13.0 Å². The second-order valence-electron chi connectivity index (χ2n) is 3.11. The van der Waals surface area contributed by atoms with Crippen molar-refractivity contribution in [1.82, 2.24) is 0 Å². The fourth-order valence-corrected chi connectivity index (χ4v) is 1.26. The van der Waals surface area contributed by atoms with E-state index in [4.69, 9.17) is 22.1 Å². The van der Waals surface area contributed by atoms with E-state index in [0.29, 0.717) is 5.02 Å². The van der Waals surface area contributed by atoms with Crippen LogP contribution in [0.1, 0.15) is 5.56 Å². The molecule has 78 valence electrons. The van der Waals surface area contributed by atoms with Gasteiger partial charge in [0, 0.05) is 11.6 Å². The Hall–Kier alpha value is -0.770. The topological polar surface area (TPSA) is 55.5 Å². The van der Waals surface area contributed by atoms with Gasteiger partial charge in [-0.1, -0.05) is 11.6 Å². The number of rotatable bonds is 4. The average molecular weight is 216 g/mol. The zero-order chi connectivity index (χ0) is 10.6. The molecule has 0 amide bonds. The number of benzene rings is 1. The van der Waals surface area contributed by atoms with E-state index in [2.05, 4.69) is 0 Å². The first kappa shape index (κ1) is 11.3. The highest BCUT2D eigenvalue weighted by atomic mass is 35.5. The molecule has 1 atom stereocenters. The molecule has 0 spiro atoms. The Morgan fingerprint density at radius 1 is 1.57 bits per heavy atom. The van der Waals surface area contributed by atoms with Gasteiger partial charge in [0.15, 0.2) is 0 Å². The number of ether oxygens (including phenoxy) is 1. The van der Waals surface area contributed by atoms with Crippen LogP contribution in [0.3, 0.4) is 0 Å². The normalized spacial score (nSPS) is 12.6. The Kier molecular flexibility index (Phi) is 4.20. The summed E-state index contributed by atoms with van der Waals surface area (Å²) in [6, 6.07) is 5.34. The van der Waals surface area contributed by atoms with Crippen molar-refractivity contribution < 1.29 is 9.84 Å². The zero-order valence-electron chi connectivity index (χ0n) is 8.03. The Labute approximate surface area is 88.4 Å². The largest absolute Gasteiger partial charge is 0.491 e. The van der Waals surface area contributed by atoms with E-state index in [9.17, 15) is 5.11 Å². The van der Waals surface area contributed by atoms with Crippen LogP contribution in [0.4, 0.5) is 0 Å². The molecule has 0 aromatic heterocycles. The third kappa shape index (κ3) is 3.18. The minimum atomic E-state index is -0.620. The molecule has 3 nitrogen and oxygen atoms in total. The molecule has 1 rings (SSSR count). The molecule has 0 bridgehead atoms. The summed E-state index contributed by atoms with van der Waals surface area (Å²) in [5, 5.41) is 9.86. The molecule has 0 unspecified atom stereocenters. The maximum Gasteiger partial charge on any atom is 0.122 e. The first-order valence-electron chi connectivity index (χ1n) is 4.40. The van der Waals surface area contributed by atoms with Crippen LogP contribution >= 0.6 is 11.6 Å². The maximum atomic E-state index is 9.19. The van der Waals surface area contributed by atoms with Crippen LogP contribution in [0.2, 0.25) is 5.02 Å². The summed E-state index contributed by atoms with van der Waals surface area (Å²) < 4.78 is 5.36. The van der Waals surface area contributed by atoms with Crippen molar-refractivity contribution in [3.63, 3.8) is 0 Å². The third-order valence-corrected chi connectivity index (χ3v) is 2.08. The first-order chi connectivity index (χ1) is 6.63. The first-order valence-corrected chi connectivity index (χ1v) is 4.78. The van der Waals surface area contributed by atoms with Crippen LogP contribution < -0.4 is 10.5 Å². The Morgan fingerprint density at radius 3 is 2.86 bits per heavy atom. The molecule has 0 aliphatic rings. The highest BCUT2D eigenvalue weighted by Crippen LogP contribution is 2.21. The van der Waals surface area contributed by atoms with Gasteiger partial charge in [0.25, 0.3) is 0 Å². The van der Waals surface area contributed by atoms with Gasteiger partial charge >= 0.3 is 0 Å². The van der Waals surface area contributed by atoms with E-state index >= 15 is 0 Å². The number of aliphatic hydroxyl groups is 1. The molecule has 1 aromatic carbocycles. The number of aryl methyl sites for hydroxylation is 1. The highest BCUT2D eigenvalue weighted by Gasteiger charge is 2.04. The molecule has 1 aromatic rings. The monoisotopic (exact) mass is 215 g/mol. The molecule has 14 heavy (non-hydrogen) atoms. The molecule has 0 aliphatic heterocycles. The van der Waals surface area contributed by atoms with Crippen molar-refractivity contribution >= 4 is 11.6 Å². The second kappa shape index (κ2) is 5.20. The van der Waals surface area contributed by atoms with Crippen molar-refractivity contribution in [3.8, 4) is 5.75 Å². The second-order valence-corrected chi connectivity index (χ2v) is 3.55. The van der Waals surface area contributed by atoms with E-state index in [1.54, 1.807) is 12.1 Å². The lowest BCUT2D eigenvalue weighted by atomic mass is 10.2. The number of hydrogen-bond acceptors (Lipinski definition) is 3. The smallest absolute Gasteiger partial charge is 0.122 e. The molecule has 0 radical (unpaired) electrons. The molecule has 4 heteroatoms. The standard InChI is InChI=1S/C10H14ClNO2/c1-7-4-8(11)2-3-10(7)14-6-9(13)5-12/h2-4,9,13H,5-6,12H2,1H3/t9-/m1/s1. The van der Waals surface area contributed by atoms with Gasteiger partial charge in [0.05, 0.1) is 0 Å². The quantitative estimate of drug-likeness (QED) is 0.797. The van der Waals surface area contributed by atoms with E-state index in [-0.39, 0.29) is 13.2 Å². The molecule has 0 saturated carbocycles. The van der Waals surface area contributed by atoms with Crippen LogP contribution in [0.15, 0.2) is 18.2 Å². The summed E-state index contributed by atoms with van der Waals surface area (Å²) in [5.74, 6) is 0.724. The number of aliphatic hydroxyl groups excluding tert-OH is 1. The molecule has 0 saturated heterocycles. The fourth-order valence-electron chi connectivity index (χ4n) is 1.03. The minimum absolute atomic E-state index is 0.201. The summed E-state index contributed by atoms with van der Waals surface area (Å²) in [7, 11) is 0. The van der Waals surface area contributed by atoms with Crippen molar-refractivity contribution in [3.05, 3.63) is 28.8 Å². The minimum Gasteiger partial charge on any atom is -0.491 e. The molecule has 0 fully saturated rings. The van der Waals surface area contributed by atoms with Crippen molar-refractivity contribution in [2.24, 2.45) is 5.73 Å². The van der Waals surface area contributed by atoms with Gasteiger partial charge < -0.3 is 15.6 Å². The summed E-state index contributed by atoms with van der Waals surface area (Å²) in [6.07, 6.45) is -0.620. The Morgan fingerprint density at radius 2 is 2.29 bits per heavy atom. The van der Waals surface area contributed by atoms with Gasteiger partial charge in [-0.3, -0.25) is 0 Å². The van der Waals surface area contributed by atoms with Crippen LogP contribution in [-0.4, -0.2) is 24.4 Å². The van der Waals surface area contributed by atoms with Crippen LogP contribution in [0.5, 0.6) is 5.75 Å². The van der Waals surface area contributed by atoms with Gasteiger partial charge in [0.1, 0.15) is 18.5 Å². The number of hydrogen-bond donors (Lipinski definition) is 2. The lowest BCUT2D eigenvalue weighted by Crippen LogP contribution is -2.26. The summed E-state index contributed by atoms with van der Waals surface area (Å²) in [4.78, 5) is 0. The predicted molar refractivity (Wildman–Crippen MR) is 56.7 cm³/mol. The summed E-state index contributed by atoms with van der Waals surface area (Å²) >= 11 is 5.78. The van der Waals surface area contributed by atoms with Gasteiger partial charge in [-0.2, -0.15) is 0 Å². The maximum absolute atomic E-state index is 9.19. The summed E-state index contributed by atoms with van der Waals surface area (Å²) in [6.45, 7) is 2.31. The predicted octanol–water partition coefficient (Wildman–Crippen LogP) is 1.35. The van der Waals surface area contributed by atoms with Gasteiger partial charge in [-0.25, -0.2) is 0 Å². The molecule has 0 aliphatic carbocycles. The van der Waals surface area contributed by atoms with Crippen molar-refractivity contribution in [1.29, 1.82) is 0 Å². The highest BCUT2D eigenvalue weighted by molar-refractivity contribution is 6.30.